The van der Waals surface area contributed by atoms with Crippen molar-refractivity contribution in [3.63, 3.8) is 0 Å². The SMILES string of the molecule is C#CCn1c(=NC(=O)c2ccc(S(=O)(=O)N(CC(C)C)CC(C)C)cc2)sc2cc([N+](=O)[O-])ccc21. The molecule has 1 heterocycles. The molecule has 0 N–H and O–H groups in total. The first-order valence-electron chi connectivity index (χ1n) is 11.3. The largest absolute Gasteiger partial charge is 0.305 e. The van der Waals surface area contributed by atoms with Crippen LogP contribution in [0.3, 0.4) is 0 Å². The van der Waals surface area contributed by atoms with E-state index in [1.165, 1.54) is 40.7 Å². The van der Waals surface area contributed by atoms with Gasteiger partial charge in [0.25, 0.3) is 11.6 Å². The zero-order valence-corrected chi connectivity index (χ0v) is 22.2. The molecule has 3 aromatic rings. The molecule has 11 heteroatoms. The molecule has 0 aliphatic heterocycles. The summed E-state index contributed by atoms with van der Waals surface area (Å²) in [4.78, 5) is 28.1. The number of terminal acetylenes is 1. The highest BCUT2D eigenvalue weighted by Gasteiger charge is 2.26. The average molecular weight is 529 g/mol. The Morgan fingerprint density at radius 1 is 1.14 bits per heavy atom. The number of sulfonamides is 1. The van der Waals surface area contributed by atoms with Gasteiger partial charge in [0.2, 0.25) is 10.0 Å². The van der Waals surface area contributed by atoms with Crippen molar-refractivity contribution < 1.29 is 18.1 Å². The zero-order valence-electron chi connectivity index (χ0n) is 20.5. The van der Waals surface area contributed by atoms with Gasteiger partial charge in [0.15, 0.2) is 4.80 Å². The van der Waals surface area contributed by atoms with Crippen LogP contribution >= 0.6 is 11.3 Å². The summed E-state index contributed by atoms with van der Waals surface area (Å²) in [5, 5.41) is 11.1. The normalized spacial score (nSPS) is 12.6. The fraction of sp³-hybridized carbons (Fsp3) is 0.360. The Labute approximate surface area is 214 Å². The number of aromatic nitrogens is 1. The maximum atomic E-state index is 13.2. The van der Waals surface area contributed by atoms with Crippen LogP contribution in [0.1, 0.15) is 38.1 Å². The van der Waals surface area contributed by atoms with Gasteiger partial charge in [0.1, 0.15) is 0 Å². The number of hydrogen-bond acceptors (Lipinski definition) is 6. The Morgan fingerprint density at radius 3 is 2.28 bits per heavy atom. The van der Waals surface area contributed by atoms with Crippen LogP contribution in [0.4, 0.5) is 5.69 Å². The lowest BCUT2D eigenvalue weighted by atomic mass is 10.2. The summed E-state index contributed by atoms with van der Waals surface area (Å²) in [7, 11) is -3.72. The van der Waals surface area contributed by atoms with Crippen molar-refractivity contribution in [2.24, 2.45) is 16.8 Å². The number of amides is 1. The van der Waals surface area contributed by atoms with Crippen molar-refractivity contribution in [2.75, 3.05) is 13.1 Å². The van der Waals surface area contributed by atoms with Gasteiger partial charge in [-0.1, -0.05) is 45.0 Å². The molecule has 0 bridgehead atoms. The quantitative estimate of drug-likeness (QED) is 0.233. The van der Waals surface area contributed by atoms with Crippen molar-refractivity contribution in [3.8, 4) is 12.3 Å². The van der Waals surface area contributed by atoms with Crippen LogP contribution in [0.2, 0.25) is 0 Å². The number of rotatable bonds is 9. The zero-order chi connectivity index (χ0) is 26.6. The van der Waals surface area contributed by atoms with Crippen LogP contribution < -0.4 is 4.80 Å². The van der Waals surface area contributed by atoms with Gasteiger partial charge >= 0.3 is 0 Å². The first-order valence-corrected chi connectivity index (χ1v) is 13.6. The number of benzene rings is 2. The first kappa shape index (κ1) is 27.3. The van der Waals surface area contributed by atoms with Gasteiger partial charge in [-0.2, -0.15) is 9.30 Å². The second kappa shape index (κ2) is 11.2. The summed E-state index contributed by atoms with van der Waals surface area (Å²) < 4.78 is 30.1. The van der Waals surface area contributed by atoms with E-state index in [2.05, 4.69) is 10.9 Å². The fourth-order valence-corrected chi connectivity index (χ4v) is 6.49. The topological polar surface area (TPSA) is 115 Å². The summed E-state index contributed by atoms with van der Waals surface area (Å²) >= 11 is 1.11. The van der Waals surface area contributed by atoms with E-state index in [0.29, 0.717) is 28.1 Å². The van der Waals surface area contributed by atoms with Gasteiger partial charge in [-0.05, 0) is 42.2 Å². The number of carbonyl (C=O) groups excluding carboxylic acids is 1. The summed E-state index contributed by atoms with van der Waals surface area (Å²) in [6.45, 7) is 8.78. The Kier molecular flexibility index (Phi) is 8.45. The lowest BCUT2D eigenvalue weighted by Crippen LogP contribution is -2.37. The summed E-state index contributed by atoms with van der Waals surface area (Å²) in [5.41, 5.74) is 0.770. The Bertz CT molecular complexity index is 1480. The monoisotopic (exact) mass is 528 g/mol. The average Bonchev–Trinajstić information content (AvgIpc) is 3.14. The van der Waals surface area contributed by atoms with Gasteiger partial charge in [-0.15, -0.1) is 6.42 Å². The van der Waals surface area contributed by atoms with Crippen LogP contribution in [-0.4, -0.2) is 41.2 Å². The van der Waals surface area contributed by atoms with Crippen LogP contribution in [0.5, 0.6) is 0 Å². The number of fused-ring (bicyclic) bond motifs is 1. The molecule has 3 rings (SSSR count). The number of non-ortho nitro benzene ring substituents is 1. The van der Waals surface area contributed by atoms with Crippen LogP contribution in [0.15, 0.2) is 52.4 Å². The summed E-state index contributed by atoms with van der Waals surface area (Å²) in [6.07, 6.45) is 5.48. The first-order chi connectivity index (χ1) is 16.9. The third kappa shape index (κ3) is 6.07. The second-order valence-corrected chi connectivity index (χ2v) is 12.1. The van der Waals surface area contributed by atoms with Crippen molar-refractivity contribution in [1.29, 1.82) is 0 Å². The highest BCUT2D eigenvalue weighted by Crippen LogP contribution is 2.24. The lowest BCUT2D eigenvalue weighted by Gasteiger charge is -2.25. The molecule has 36 heavy (non-hydrogen) atoms. The molecule has 9 nitrogen and oxygen atoms in total. The minimum absolute atomic E-state index is 0.0738. The standard InChI is InChI=1S/C25H28N4O5S2/c1-6-13-28-22-12-9-20(29(31)32)14-23(22)35-25(28)26-24(30)19-7-10-21(11-8-19)36(33,34)27(15-17(2)3)16-18(4)5/h1,7-12,14,17-18H,13,15-16H2,2-5H3. The maximum absolute atomic E-state index is 13.2. The van der Waals surface area contributed by atoms with E-state index in [-0.39, 0.29) is 34.5 Å². The summed E-state index contributed by atoms with van der Waals surface area (Å²) in [5.74, 6) is 2.26. The molecule has 0 saturated carbocycles. The molecular weight excluding hydrogens is 500 g/mol. The molecule has 190 valence electrons. The van der Waals surface area contributed by atoms with E-state index in [9.17, 15) is 23.3 Å². The Hall–Kier alpha value is -3.33. The molecule has 0 spiro atoms. The minimum atomic E-state index is -3.72. The number of thiazole rings is 1. The van der Waals surface area contributed by atoms with Crippen molar-refractivity contribution >= 4 is 43.2 Å². The Morgan fingerprint density at radius 2 is 1.75 bits per heavy atom. The lowest BCUT2D eigenvalue weighted by molar-refractivity contribution is -0.384. The molecule has 0 fully saturated rings. The number of nitro benzene ring substituents is 1. The van der Waals surface area contributed by atoms with Gasteiger partial charge in [-0.25, -0.2) is 8.42 Å². The van der Waals surface area contributed by atoms with E-state index in [1.54, 1.807) is 10.6 Å². The minimum Gasteiger partial charge on any atom is -0.305 e. The van der Waals surface area contributed by atoms with Crippen LogP contribution in [0, 0.1) is 34.3 Å². The number of nitrogens with zero attached hydrogens (tertiary/aromatic N) is 4. The van der Waals surface area contributed by atoms with Crippen LogP contribution in [0.25, 0.3) is 10.2 Å². The third-order valence-corrected chi connectivity index (χ3v) is 8.09. The van der Waals surface area contributed by atoms with E-state index in [1.807, 2.05) is 27.7 Å². The number of carbonyl (C=O) groups is 1. The second-order valence-electron chi connectivity index (χ2n) is 9.14. The molecule has 0 unspecified atom stereocenters. The predicted molar refractivity (Wildman–Crippen MR) is 140 cm³/mol. The van der Waals surface area contributed by atoms with Gasteiger partial charge in [-0.3, -0.25) is 14.9 Å². The number of hydrogen-bond donors (Lipinski definition) is 0. The van der Waals surface area contributed by atoms with Crippen LogP contribution in [-0.2, 0) is 16.6 Å². The summed E-state index contributed by atoms with van der Waals surface area (Å²) in [6, 6.07) is 10.1. The van der Waals surface area contributed by atoms with E-state index < -0.39 is 20.9 Å². The molecule has 0 atom stereocenters. The molecule has 2 aromatic carbocycles. The van der Waals surface area contributed by atoms with Crippen molar-refractivity contribution in [3.05, 3.63) is 62.9 Å². The molecule has 0 radical (unpaired) electrons. The molecule has 1 aromatic heterocycles. The van der Waals surface area contributed by atoms with Crippen molar-refractivity contribution in [2.45, 2.75) is 39.1 Å². The van der Waals surface area contributed by atoms with Gasteiger partial charge in [0, 0.05) is 30.8 Å². The third-order valence-electron chi connectivity index (χ3n) is 5.20. The Balaban J connectivity index is 1.97. The smallest absolute Gasteiger partial charge is 0.279 e. The van der Waals surface area contributed by atoms with E-state index in [0.717, 1.165) is 11.3 Å². The molecule has 0 aliphatic rings. The maximum Gasteiger partial charge on any atom is 0.279 e. The van der Waals surface area contributed by atoms with Gasteiger partial charge in [0.05, 0.1) is 26.6 Å². The van der Waals surface area contributed by atoms with Gasteiger partial charge < -0.3 is 4.57 Å². The highest BCUT2D eigenvalue weighted by molar-refractivity contribution is 7.89. The highest BCUT2D eigenvalue weighted by atomic mass is 32.2. The molecular formula is C25H28N4O5S2. The predicted octanol–water partition coefficient (Wildman–Crippen LogP) is 4.29. The molecule has 1 amide bonds. The number of nitro groups is 1. The molecule has 0 saturated heterocycles. The van der Waals surface area contributed by atoms with E-state index >= 15 is 0 Å². The van der Waals surface area contributed by atoms with E-state index in [4.69, 9.17) is 6.42 Å². The van der Waals surface area contributed by atoms with Crippen molar-refractivity contribution in [1.82, 2.24) is 8.87 Å². The fourth-order valence-electron chi connectivity index (χ4n) is 3.66. The molecule has 0 aliphatic carbocycles.